The van der Waals surface area contributed by atoms with Crippen molar-refractivity contribution in [2.24, 2.45) is 0 Å². The normalized spacial score (nSPS) is 13.4. The van der Waals surface area contributed by atoms with Crippen LogP contribution in [0.15, 0.2) is 84.9 Å². The van der Waals surface area contributed by atoms with Crippen LogP contribution in [0, 0.1) is 0 Å². The van der Waals surface area contributed by atoms with Gasteiger partial charge in [0.05, 0.1) is 6.54 Å². The second kappa shape index (κ2) is 8.61. The number of anilines is 2. The summed E-state index contributed by atoms with van der Waals surface area (Å²) >= 11 is 0. The summed E-state index contributed by atoms with van der Waals surface area (Å²) in [4.78, 5) is 26.2. The SMILES string of the molecule is O=C(CC(c1ccccc1)c1ccccc1)Nc1cccc(N2CCOC2=O)c1. The lowest BCUT2D eigenvalue weighted by atomic mass is 9.88. The first-order chi connectivity index (χ1) is 14.2. The van der Waals surface area contributed by atoms with E-state index < -0.39 is 0 Å². The van der Waals surface area contributed by atoms with Gasteiger partial charge in [-0.1, -0.05) is 66.7 Å². The molecular weight excluding hydrogens is 364 g/mol. The van der Waals surface area contributed by atoms with Gasteiger partial charge in [-0.3, -0.25) is 9.69 Å². The van der Waals surface area contributed by atoms with E-state index in [0.29, 0.717) is 30.9 Å². The zero-order chi connectivity index (χ0) is 20.1. The number of ether oxygens (including phenoxy) is 1. The largest absolute Gasteiger partial charge is 0.447 e. The smallest absolute Gasteiger partial charge is 0.414 e. The predicted molar refractivity (Wildman–Crippen MR) is 113 cm³/mol. The molecule has 4 rings (SSSR count). The van der Waals surface area contributed by atoms with Crippen molar-refractivity contribution >= 4 is 23.4 Å². The topological polar surface area (TPSA) is 58.6 Å². The highest BCUT2D eigenvalue weighted by molar-refractivity contribution is 5.94. The fraction of sp³-hybridized carbons (Fsp3) is 0.167. The van der Waals surface area contributed by atoms with Crippen LogP contribution in [0.1, 0.15) is 23.5 Å². The van der Waals surface area contributed by atoms with Gasteiger partial charge in [-0.15, -0.1) is 0 Å². The van der Waals surface area contributed by atoms with Gasteiger partial charge in [-0.05, 0) is 29.3 Å². The van der Waals surface area contributed by atoms with E-state index >= 15 is 0 Å². The average molecular weight is 386 g/mol. The van der Waals surface area contributed by atoms with E-state index in [2.05, 4.69) is 5.32 Å². The molecular formula is C24H22N2O3. The molecule has 29 heavy (non-hydrogen) atoms. The zero-order valence-electron chi connectivity index (χ0n) is 16.0. The third kappa shape index (κ3) is 4.46. The van der Waals surface area contributed by atoms with Crippen LogP contribution < -0.4 is 10.2 Å². The number of benzene rings is 3. The average Bonchev–Trinajstić information content (AvgIpc) is 3.19. The molecule has 146 valence electrons. The molecule has 3 aromatic rings. The van der Waals surface area contributed by atoms with E-state index in [4.69, 9.17) is 4.74 Å². The molecule has 0 bridgehead atoms. The summed E-state index contributed by atoms with van der Waals surface area (Å²) in [7, 11) is 0. The Bertz CT molecular complexity index is 950. The van der Waals surface area contributed by atoms with Crippen LogP contribution in [0.25, 0.3) is 0 Å². The molecule has 0 saturated carbocycles. The lowest BCUT2D eigenvalue weighted by Crippen LogP contribution is -2.23. The van der Waals surface area contributed by atoms with Crippen molar-refractivity contribution in [2.45, 2.75) is 12.3 Å². The van der Waals surface area contributed by atoms with Gasteiger partial charge in [-0.2, -0.15) is 0 Å². The molecule has 1 aliphatic heterocycles. The summed E-state index contributed by atoms with van der Waals surface area (Å²) < 4.78 is 4.99. The van der Waals surface area contributed by atoms with E-state index in [1.807, 2.05) is 78.9 Å². The lowest BCUT2D eigenvalue weighted by Gasteiger charge is -2.18. The van der Waals surface area contributed by atoms with E-state index in [0.717, 1.165) is 11.1 Å². The minimum absolute atomic E-state index is 0.0332. The van der Waals surface area contributed by atoms with E-state index in [1.54, 1.807) is 11.0 Å². The third-order valence-electron chi connectivity index (χ3n) is 5.00. The standard InChI is InChI=1S/C24H22N2O3/c27-23(25-20-12-7-13-21(16-20)26-14-15-29-24(26)28)17-22(18-8-3-1-4-9-18)19-10-5-2-6-11-19/h1-13,16,22H,14-15,17H2,(H,25,27). The molecule has 0 atom stereocenters. The highest BCUT2D eigenvalue weighted by Gasteiger charge is 2.24. The van der Waals surface area contributed by atoms with Crippen molar-refractivity contribution in [3.05, 3.63) is 96.1 Å². The van der Waals surface area contributed by atoms with Gasteiger partial charge in [0.1, 0.15) is 6.61 Å². The summed E-state index contributed by atoms with van der Waals surface area (Å²) in [6.07, 6.45) is -0.0361. The number of nitrogens with one attached hydrogen (secondary N) is 1. The molecule has 0 radical (unpaired) electrons. The Labute approximate surface area is 169 Å². The van der Waals surface area contributed by atoms with Gasteiger partial charge in [0.15, 0.2) is 0 Å². The maximum Gasteiger partial charge on any atom is 0.414 e. The Balaban J connectivity index is 1.51. The van der Waals surface area contributed by atoms with E-state index in [-0.39, 0.29) is 17.9 Å². The minimum Gasteiger partial charge on any atom is -0.447 e. The van der Waals surface area contributed by atoms with Gasteiger partial charge in [0.2, 0.25) is 5.91 Å². The third-order valence-corrected chi connectivity index (χ3v) is 5.00. The Kier molecular flexibility index (Phi) is 5.56. The molecule has 5 heteroatoms. The summed E-state index contributed by atoms with van der Waals surface area (Å²) in [5, 5.41) is 2.97. The van der Waals surface area contributed by atoms with Gasteiger partial charge in [0.25, 0.3) is 0 Å². The van der Waals surface area contributed by atoms with Crippen molar-refractivity contribution in [3.8, 4) is 0 Å². The summed E-state index contributed by atoms with van der Waals surface area (Å²) in [5.74, 6) is -0.113. The van der Waals surface area contributed by atoms with Gasteiger partial charge < -0.3 is 10.1 Å². The molecule has 0 spiro atoms. The van der Waals surface area contributed by atoms with Crippen LogP contribution in [-0.2, 0) is 9.53 Å². The van der Waals surface area contributed by atoms with Crippen LogP contribution >= 0.6 is 0 Å². The lowest BCUT2D eigenvalue weighted by molar-refractivity contribution is -0.116. The van der Waals surface area contributed by atoms with E-state index in [9.17, 15) is 9.59 Å². The second-order valence-corrected chi connectivity index (χ2v) is 6.94. The van der Waals surface area contributed by atoms with Gasteiger partial charge in [0, 0.05) is 23.7 Å². The van der Waals surface area contributed by atoms with Crippen LogP contribution in [0.4, 0.5) is 16.2 Å². The number of carbonyl (C=O) groups is 2. The van der Waals surface area contributed by atoms with E-state index in [1.165, 1.54) is 0 Å². The Hall–Kier alpha value is -3.60. The highest BCUT2D eigenvalue weighted by Crippen LogP contribution is 2.29. The number of hydrogen-bond donors (Lipinski definition) is 1. The fourth-order valence-electron chi connectivity index (χ4n) is 3.58. The quantitative estimate of drug-likeness (QED) is 0.662. The van der Waals surface area contributed by atoms with Crippen LogP contribution in [-0.4, -0.2) is 25.2 Å². The van der Waals surface area contributed by atoms with Gasteiger partial charge >= 0.3 is 6.09 Å². The molecule has 5 nitrogen and oxygen atoms in total. The Morgan fingerprint density at radius 1 is 0.931 bits per heavy atom. The van der Waals surface area contributed by atoms with Crippen molar-refractivity contribution in [1.29, 1.82) is 0 Å². The first-order valence-corrected chi connectivity index (χ1v) is 9.65. The number of cyclic esters (lactones) is 1. The summed E-state index contributed by atoms with van der Waals surface area (Å²) in [6.45, 7) is 0.894. The van der Waals surface area contributed by atoms with Gasteiger partial charge in [-0.25, -0.2) is 4.79 Å². The summed E-state index contributed by atoms with van der Waals surface area (Å²) in [5.41, 5.74) is 3.57. The second-order valence-electron chi connectivity index (χ2n) is 6.94. The van der Waals surface area contributed by atoms with Crippen LogP contribution in [0.5, 0.6) is 0 Å². The Morgan fingerprint density at radius 2 is 1.59 bits per heavy atom. The summed E-state index contributed by atoms with van der Waals surface area (Å²) in [6, 6.07) is 27.4. The zero-order valence-corrected chi connectivity index (χ0v) is 16.0. The van der Waals surface area contributed by atoms with Crippen molar-refractivity contribution in [2.75, 3.05) is 23.4 Å². The van der Waals surface area contributed by atoms with Crippen LogP contribution in [0.3, 0.4) is 0 Å². The maximum absolute atomic E-state index is 12.9. The first-order valence-electron chi connectivity index (χ1n) is 9.65. The molecule has 1 N–H and O–H groups in total. The number of carbonyl (C=O) groups excluding carboxylic acids is 2. The highest BCUT2D eigenvalue weighted by atomic mass is 16.6. The van der Waals surface area contributed by atoms with Crippen molar-refractivity contribution in [1.82, 2.24) is 0 Å². The number of nitrogens with zero attached hydrogens (tertiary/aromatic N) is 1. The van der Waals surface area contributed by atoms with Crippen LogP contribution in [0.2, 0.25) is 0 Å². The van der Waals surface area contributed by atoms with Crippen molar-refractivity contribution in [3.63, 3.8) is 0 Å². The monoisotopic (exact) mass is 386 g/mol. The Morgan fingerprint density at radius 3 is 2.17 bits per heavy atom. The predicted octanol–water partition coefficient (Wildman–Crippen LogP) is 4.80. The number of rotatable bonds is 6. The number of amides is 2. The molecule has 0 unspecified atom stereocenters. The molecule has 1 fully saturated rings. The molecule has 0 aromatic heterocycles. The molecule has 1 saturated heterocycles. The minimum atomic E-state index is -0.360. The van der Waals surface area contributed by atoms with Crippen molar-refractivity contribution < 1.29 is 14.3 Å². The molecule has 2 amide bonds. The molecule has 3 aromatic carbocycles. The molecule has 1 heterocycles. The molecule has 1 aliphatic rings. The first kappa shape index (κ1) is 18.7. The fourth-order valence-corrected chi connectivity index (χ4v) is 3.58. The molecule has 0 aliphatic carbocycles. The number of hydrogen-bond acceptors (Lipinski definition) is 3. The maximum atomic E-state index is 12.9.